The second kappa shape index (κ2) is 8.32. The van der Waals surface area contributed by atoms with Crippen molar-refractivity contribution >= 4 is 0 Å². The van der Waals surface area contributed by atoms with Gasteiger partial charge in [0.15, 0.2) is 0 Å². The summed E-state index contributed by atoms with van der Waals surface area (Å²) in [4.78, 5) is 0. The SMILES string of the molecule is OCc1ccccc1OCc1ccc(CCc2ccccc2)cc1. The minimum atomic E-state index is -0.00536. The molecule has 0 radical (unpaired) electrons. The molecule has 24 heavy (non-hydrogen) atoms. The van der Waals surface area contributed by atoms with Gasteiger partial charge in [-0.3, -0.25) is 0 Å². The van der Waals surface area contributed by atoms with Crippen LogP contribution in [0.25, 0.3) is 0 Å². The molecule has 1 N–H and O–H groups in total. The summed E-state index contributed by atoms with van der Waals surface area (Å²) in [7, 11) is 0. The van der Waals surface area contributed by atoms with Gasteiger partial charge in [-0.2, -0.15) is 0 Å². The molecule has 2 heteroatoms. The van der Waals surface area contributed by atoms with Crippen molar-refractivity contribution in [1.82, 2.24) is 0 Å². The molecule has 3 aromatic rings. The number of aliphatic hydroxyl groups excluding tert-OH is 1. The normalized spacial score (nSPS) is 10.5. The predicted octanol–water partition coefficient (Wildman–Crippen LogP) is 4.54. The first-order chi connectivity index (χ1) is 11.8. The van der Waals surface area contributed by atoms with Crippen molar-refractivity contribution in [3.05, 3.63) is 101 Å². The molecular formula is C22H22O2. The highest BCUT2D eigenvalue weighted by Gasteiger charge is 2.02. The van der Waals surface area contributed by atoms with E-state index in [1.54, 1.807) is 0 Å². The molecule has 0 saturated heterocycles. The van der Waals surface area contributed by atoms with E-state index in [1.807, 2.05) is 30.3 Å². The highest BCUT2D eigenvalue weighted by Crippen LogP contribution is 2.19. The van der Waals surface area contributed by atoms with E-state index in [0.717, 1.165) is 29.7 Å². The van der Waals surface area contributed by atoms with E-state index in [9.17, 15) is 5.11 Å². The van der Waals surface area contributed by atoms with Gasteiger partial charge in [0.25, 0.3) is 0 Å². The topological polar surface area (TPSA) is 29.5 Å². The van der Waals surface area contributed by atoms with Gasteiger partial charge in [0.05, 0.1) is 6.61 Å². The smallest absolute Gasteiger partial charge is 0.125 e. The van der Waals surface area contributed by atoms with Crippen molar-refractivity contribution in [3.63, 3.8) is 0 Å². The zero-order valence-electron chi connectivity index (χ0n) is 13.7. The van der Waals surface area contributed by atoms with Crippen molar-refractivity contribution in [1.29, 1.82) is 0 Å². The van der Waals surface area contributed by atoms with Crippen LogP contribution >= 0.6 is 0 Å². The van der Waals surface area contributed by atoms with Crippen LogP contribution < -0.4 is 4.74 Å². The molecule has 3 aromatic carbocycles. The fraction of sp³-hybridized carbons (Fsp3) is 0.182. The summed E-state index contributed by atoms with van der Waals surface area (Å²) >= 11 is 0. The van der Waals surface area contributed by atoms with Gasteiger partial charge in [-0.15, -0.1) is 0 Å². The lowest BCUT2D eigenvalue weighted by molar-refractivity contribution is 0.259. The molecule has 0 unspecified atom stereocenters. The molecule has 0 atom stereocenters. The van der Waals surface area contributed by atoms with Gasteiger partial charge >= 0.3 is 0 Å². The first-order valence-corrected chi connectivity index (χ1v) is 8.28. The summed E-state index contributed by atoms with van der Waals surface area (Å²) in [5.41, 5.74) is 4.65. The molecule has 2 nitrogen and oxygen atoms in total. The number of ether oxygens (including phenoxy) is 1. The summed E-state index contributed by atoms with van der Waals surface area (Å²) in [6, 6.07) is 26.7. The Hall–Kier alpha value is -2.58. The lowest BCUT2D eigenvalue weighted by Gasteiger charge is -2.10. The van der Waals surface area contributed by atoms with E-state index in [1.165, 1.54) is 11.1 Å². The zero-order valence-corrected chi connectivity index (χ0v) is 13.7. The Kier molecular flexibility index (Phi) is 5.65. The number of aryl methyl sites for hydroxylation is 2. The average Bonchev–Trinajstić information content (AvgIpc) is 2.66. The fourth-order valence-corrected chi connectivity index (χ4v) is 2.67. The molecule has 0 amide bonds. The standard InChI is InChI=1S/C22H22O2/c23-16-21-8-4-5-9-22(21)24-17-20-14-12-19(13-15-20)11-10-18-6-2-1-3-7-18/h1-9,12-15,23H,10-11,16-17H2. The molecule has 0 bridgehead atoms. The van der Waals surface area contributed by atoms with E-state index in [4.69, 9.17) is 4.74 Å². The quantitative estimate of drug-likeness (QED) is 0.693. The first-order valence-electron chi connectivity index (χ1n) is 8.28. The fourth-order valence-electron chi connectivity index (χ4n) is 2.67. The largest absolute Gasteiger partial charge is 0.489 e. The lowest BCUT2D eigenvalue weighted by Crippen LogP contribution is -1.99. The van der Waals surface area contributed by atoms with Gasteiger partial charge in [0.1, 0.15) is 12.4 Å². The summed E-state index contributed by atoms with van der Waals surface area (Å²) in [5.74, 6) is 0.744. The number of rotatable bonds is 7. The van der Waals surface area contributed by atoms with Crippen LogP contribution in [0.4, 0.5) is 0 Å². The Bertz CT molecular complexity index is 748. The van der Waals surface area contributed by atoms with E-state index < -0.39 is 0 Å². The molecule has 0 heterocycles. The molecule has 122 valence electrons. The summed E-state index contributed by atoms with van der Waals surface area (Å²) in [6.07, 6.45) is 2.10. The maximum atomic E-state index is 9.33. The maximum Gasteiger partial charge on any atom is 0.125 e. The molecule has 0 aliphatic rings. The van der Waals surface area contributed by atoms with Gasteiger partial charge in [0.2, 0.25) is 0 Å². The molecule has 0 fully saturated rings. The molecule has 0 aliphatic heterocycles. The van der Waals surface area contributed by atoms with Gasteiger partial charge in [0, 0.05) is 5.56 Å². The van der Waals surface area contributed by atoms with Crippen molar-refractivity contribution in [3.8, 4) is 5.75 Å². The summed E-state index contributed by atoms with van der Waals surface area (Å²) in [6.45, 7) is 0.505. The Morgan fingerprint density at radius 2 is 1.21 bits per heavy atom. The van der Waals surface area contributed by atoms with Crippen molar-refractivity contribution in [2.75, 3.05) is 0 Å². The highest BCUT2D eigenvalue weighted by atomic mass is 16.5. The molecule has 0 aliphatic carbocycles. The number of aliphatic hydroxyl groups is 1. The Morgan fingerprint density at radius 1 is 0.625 bits per heavy atom. The molecule has 0 spiro atoms. The number of hydrogen-bond donors (Lipinski definition) is 1. The highest BCUT2D eigenvalue weighted by molar-refractivity contribution is 5.33. The third-order valence-corrected chi connectivity index (χ3v) is 4.11. The Labute approximate surface area is 143 Å². The maximum absolute atomic E-state index is 9.33. The number of hydrogen-bond acceptors (Lipinski definition) is 2. The second-order valence-corrected chi connectivity index (χ2v) is 5.86. The van der Waals surface area contributed by atoms with Gasteiger partial charge in [-0.1, -0.05) is 72.8 Å². The van der Waals surface area contributed by atoms with E-state index in [-0.39, 0.29) is 6.61 Å². The van der Waals surface area contributed by atoms with E-state index in [2.05, 4.69) is 48.5 Å². The summed E-state index contributed by atoms with van der Waals surface area (Å²) in [5, 5.41) is 9.33. The monoisotopic (exact) mass is 318 g/mol. The summed E-state index contributed by atoms with van der Waals surface area (Å²) < 4.78 is 5.82. The van der Waals surface area contributed by atoms with Crippen molar-refractivity contribution < 1.29 is 9.84 Å². The zero-order chi connectivity index (χ0) is 16.6. The van der Waals surface area contributed by atoms with Crippen LogP contribution in [0.15, 0.2) is 78.9 Å². The van der Waals surface area contributed by atoms with Crippen LogP contribution in [0, 0.1) is 0 Å². The van der Waals surface area contributed by atoms with Gasteiger partial charge in [-0.05, 0) is 35.6 Å². The minimum Gasteiger partial charge on any atom is -0.489 e. The number of para-hydroxylation sites is 1. The second-order valence-electron chi connectivity index (χ2n) is 5.86. The van der Waals surface area contributed by atoms with Crippen LogP contribution in [0.3, 0.4) is 0 Å². The van der Waals surface area contributed by atoms with Crippen LogP contribution in [0.5, 0.6) is 5.75 Å². The van der Waals surface area contributed by atoms with E-state index in [0.29, 0.717) is 6.61 Å². The van der Waals surface area contributed by atoms with Crippen molar-refractivity contribution in [2.24, 2.45) is 0 Å². The van der Waals surface area contributed by atoms with E-state index >= 15 is 0 Å². The predicted molar refractivity (Wildman–Crippen MR) is 97.0 cm³/mol. The van der Waals surface area contributed by atoms with Gasteiger partial charge in [-0.25, -0.2) is 0 Å². The van der Waals surface area contributed by atoms with Crippen LogP contribution in [0.2, 0.25) is 0 Å². The van der Waals surface area contributed by atoms with Crippen LogP contribution in [0.1, 0.15) is 22.3 Å². The van der Waals surface area contributed by atoms with Crippen LogP contribution in [-0.2, 0) is 26.1 Å². The van der Waals surface area contributed by atoms with Crippen LogP contribution in [-0.4, -0.2) is 5.11 Å². The number of benzene rings is 3. The molecular weight excluding hydrogens is 296 g/mol. The average molecular weight is 318 g/mol. The molecule has 0 aromatic heterocycles. The molecule has 0 saturated carbocycles. The third-order valence-electron chi connectivity index (χ3n) is 4.11. The Balaban J connectivity index is 1.54. The Morgan fingerprint density at radius 3 is 1.92 bits per heavy atom. The lowest BCUT2D eigenvalue weighted by atomic mass is 10.0. The van der Waals surface area contributed by atoms with Gasteiger partial charge < -0.3 is 9.84 Å². The molecule has 3 rings (SSSR count). The minimum absolute atomic E-state index is 0.00536. The van der Waals surface area contributed by atoms with Crippen molar-refractivity contribution in [2.45, 2.75) is 26.1 Å². The first kappa shape index (κ1) is 16.3. The third kappa shape index (κ3) is 4.46.